The minimum absolute atomic E-state index is 0. The zero-order valence-electron chi connectivity index (χ0n) is 22.9. The highest BCUT2D eigenvalue weighted by molar-refractivity contribution is 5.85. The van der Waals surface area contributed by atoms with Crippen LogP contribution in [0.1, 0.15) is 35.3 Å². The third-order valence-corrected chi connectivity index (χ3v) is 6.56. The number of benzene rings is 4. The molecule has 0 saturated carbocycles. The number of carbonyl (C=O) groups is 1. The fourth-order valence-corrected chi connectivity index (χ4v) is 4.68. The van der Waals surface area contributed by atoms with Crippen molar-refractivity contribution in [3.63, 3.8) is 0 Å². The van der Waals surface area contributed by atoms with Crippen LogP contribution in [0.3, 0.4) is 0 Å². The van der Waals surface area contributed by atoms with Crippen molar-refractivity contribution < 1.29 is 19.1 Å². The number of fused-ring (bicyclic) bond motifs is 1. The highest BCUT2D eigenvalue weighted by Crippen LogP contribution is 2.27. The lowest BCUT2D eigenvalue weighted by atomic mass is 9.90. The molecule has 40 heavy (non-hydrogen) atoms. The predicted molar refractivity (Wildman–Crippen MR) is 163 cm³/mol. The molecule has 5 aromatic rings. The van der Waals surface area contributed by atoms with Crippen LogP contribution in [0.25, 0.3) is 11.0 Å². The largest absolute Gasteiger partial charge is 0.497 e. The maximum absolute atomic E-state index is 9.00. The number of hydrogen-bond donors (Lipinski definition) is 1. The highest BCUT2D eigenvalue weighted by atomic mass is 35.5. The molecule has 0 saturated heterocycles. The van der Waals surface area contributed by atoms with Gasteiger partial charge in [0, 0.05) is 44.3 Å². The van der Waals surface area contributed by atoms with Gasteiger partial charge < -0.3 is 14.3 Å². The van der Waals surface area contributed by atoms with Gasteiger partial charge in [0.2, 0.25) is 0 Å². The first-order valence-corrected chi connectivity index (χ1v) is 13.1. The molecule has 5 nitrogen and oxygen atoms in total. The van der Waals surface area contributed by atoms with Gasteiger partial charge in [-0.25, -0.2) is 0 Å². The lowest BCUT2D eigenvalue weighted by Gasteiger charge is -2.28. The molecule has 1 aromatic heterocycles. The van der Waals surface area contributed by atoms with Crippen molar-refractivity contribution in [1.29, 1.82) is 0 Å². The Morgan fingerprint density at radius 2 is 1.40 bits per heavy atom. The molecule has 0 aliphatic rings. The van der Waals surface area contributed by atoms with E-state index < -0.39 is 5.97 Å². The monoisotopic (exact) mass is 557 g/mol. The number of hydrogen-bond acceptors (Lipinski definition) is 4. The van der Waals surface area contributed by atoms with Gasteiger partial charge in [0.25, 0.3) is 5.97 Å². The van der Waals surface area contributed by atoms with E-state index in [9.17, 15) is 0 Å². The summed E-state index contributed by atoms with van der Waals surface area (Å²) >= 11 is 0. The fourth-order valence-electron chi connectivity index (χ4n) is 4.68. The fraction of sp³-hybridized carbons (Fsp3) is 0.206. The number of nitrogens with zero attached hydrogens (tertiary/aromatic N) is 1. The Kier molecular flexibility index (Phi) is 11.8. The molecule has 0 unspecified atom stereocenters. The number of furan rings is 1. The molecule has 0 spiro atoms. The third-order valence-electron chi connectivity index (χ3n) is 6.56. The molecule has 0 aliphatic carbocycles. The summed E-state index contributed by atoms with van der Waals surface area (Å²) in [6.45, 7) is 3.77. The summed E-state index contributed by atoms with van der Waals surface area (Å²) < 4.78 is 11.5. The number of carboxylic acids is 1. The number of halogens is 1. The van der Waals surface area contributed by atoms with E-state index in [1.54, 1.807) is 7.11 Å². The van der Waals surface area contributed by atoms with E-state index in [1.165, 1.54) is 16.7 Å². The Labute approximate surface area is 242 Å². The van der Waals surface area contributed by atoms with Crippen molar-refractivity contribution in [1.82, 2.24) is 4.90 Å². The van der Waals surface area contributed by atoms with E-state index >= 15 is 0 Å². The van der Waals surface area contributed by atoms with Gasteiger partial charge in [0.05, 0.1) is 7.11 Å². The topological polar surface area (TPSA) is 62.9 Å². The maximum Gasteiger partial charge on any atom is 0.300 e. The normalized spacial score (nSPS) is 10.6. The third kappa shape index (κ3) is 9.01. The van der Waals surface area contributed by atoms with Gasteiger partial charge in [-0.2, -0.15) is 0 Å². The second kappa shape index (κ2) is 15.5. The van der Waals surface area contributed by atoms with Gasteiger partial charge in [0.15, 0.2) is 0 Å². The quantitative estimate of drug-likeness (QED) is 0.189. The van der Waals surface area contributed by atoms with Crippen LogP contribution in [0.5, 0.6) is 5.75 Å². The van der Waals surface area contributed by atoms with Crippen molar-refractivity contribution in [2.45, 2.75) is 25.8 Å². The lowest BCUT2D eigenvalue weighted by molar-refractivity contribution is -0.134. The first kappa shape index (κ1) is 30.5. The lowest BCUT2D eigenvalue weighted by Crippen LogP contribution is -2.31. The summed E-state index contributed by atoms with van der Waals surface area (Å²) in [5.74, 6) is 1.36. The number of methoxy groups -OCH3 is 1. The van der Waals surface area contributed by atoms with Crippen LogP contribution >= 0.6 is 12.4 Å². The van der Waals surface area contributed by atoms with Gasteiger partial charge >= 0.3 is 0 Å². The SMILES string of the molecule is CC(=O)O.COc1ccc(CN(CCc2cc3ccccc3o2)CC(c2ccccc2)c2ccccc2)cc1.Cl. The second-order valence-electron chi connectivity index (χ2n) is 9.48. The van der Waals surface area contributed by atoms with Gasteiger partial charge in [0.1, 0.15) is 17.1 Å². The Morgan fingerprint density at radius 1 is 0.850 bits per heavy atom. The molecular formula is C34H36ClNO4. The summed E-state index contributed by atoms with van der Waals surface area (Å²) in [5, 5.41) is 8.58. The summed E-state index contributed by atoms with van der Waals surface area (Å²) in [7, 11) is 1.71. The summed E-state index contributed by atoms with van der Waals surface area (Å²) in [4.78, 5) is 11.5. The van der Waals surface area contributed by atoms with Gasteiger partial charge in [-0.3, -0.25) is 9.69 Å². The number of carboxylic acid groups (broad SMARTS) is 1. The zero-order valence-corrected chi connectivity index (χ0v) is 23.7. The molecule has 0 radical (unpaired) electrons. The molecule has 0 amide bonds. The molecule has 1 N–H and O–H groups in total. The molecule has 5 rings (SSSR count). The first-order chi connectivity index (χ1) is 19.0. The molecule has 208 valence electrons. The molecule has 0 bridgehead atoms. The molecular weight excluding hydrogens is 522 g/mol. The Bertz CT molecular complexity index is 1360. The van der Waals surface area contributed by atoms with Crippen LogP contribution in [-0.4, -0.2) is 36.2 Å². The second-order valence-corrected chi connectivity index (χ2v) is 9.48. The smallest absolute Gasteiger partial charge is 0.300 e. The van der Waals surface area contributed by atoms with Crippen LogP contribution < -0.4 is 4.74 Å². The van der Waals surface area contributed by atoms with E-state index in [4.69, 9.17) is 19.1 Å². The van der Waals surface area contributed by atoms with E-state index in [-0.39, 0.29) is 18.3 Å². The Hall–Kier alpha value is -4.06. The number of aliphatic carboxylic acids is 1. The van der Waals surface area contributed by atoms with Crippen molar-refractivity contribution >= 4 is 29.3 Å². The van der Waals surface area contributed by atoms with Crippen molar-refractivity contribution in [2.24, 2.45) is 0 Å². The molecule has 6 heteroatoms. The molecule has 1 heterocycles. The van der Waals surface area contributed by atoms with Crippen molar-refractivity contribution in [3.8, 4) is 5.75 Å². The zero-order chi connectivity index (χ0) is 27.5. The Morgan fingerprint density at radius 3 is 1.95 bits per heavy atom. The summed E-state index contributed by atoms with van der Waals surface area (Å²) in [5.41, 5.74) is 4.90. The maximum atomic E-state index is 9.00. The molecule has 4 aromatic carbocycles. The van der Waals surface area contributed by atoms with Crippen LogP contribution in [0, 0.1) is 0 Å². The summed E-state index contributed by atoms with van der Waals surface area (Å²) in [6.07, 6.45) is 0.862. The van der Waals surface area contributed by atoms with Crippen molar-refractivity contribution in [2.75, 3.05) is 20.2 Å². The van der Waals surface area contributed by atoms with Crippen LogP contribution in [0.15, 0.2) is 120 Å². The Balaban J connectivity index is 0.000000828. The molecule has 0 fully saturated rings. The number of rotatable bonds is 10. The number of para-hydroxylation sites is 1. The van der Waals surface area contributed by atoms with Gasteiger partial charge in [-0.05, 0) is 41.0 Å². The average Bonchev–Trinajstić information content (AvgIpc) is 3.38. The standard InChI is InChI=1S/C32H31NO2.C2H4O2.ClH/c1-34-29-18-16-25(17-19-29)23-33(21-20-30-22-28-14-8-9-15-32(28)35-30)24-31(26-10-4-2-5-11-26)27-12-6-3-7-13-27;1-2(3)4;/h2-19,22,31H,20-21,23-24H2,1H3;1H3,(H,3,4);1H. The van der Waals surface area contributed by atoms with Crippen molar-refractivity contribution in [3.05, 3.63) is 138 Å². The van der Waals surface area contributed by atoms with Crippen LogP contribution in [0.2, 0.25) is 0 Å². The van der Waals surface area contributed by atoms with Crippen LogP contribution in [-0.2, 0) is 17.8 Å². The average molecular weight is 558 g/mol. The predicted octanol–water partition coefficient (Wildman–Crippen LogP) is 7.83. The van der Waals surface area contributed by atoms with Gasteiger partial charge in [-0.15, -0.1) is 12.4 Å². The van der Waals surface area contributed by atoms with Gasteiger partial charge in [-0.1, -0.05) is 91.0 Å². The van der Waals surface area contributed by atoms with E-state index in [2.05, 4.69) is 95.9 Å². The minimum Gasteiger partial charge on any atom is -0.497 e. The number of ether oxygens (including phenoxy) is 1. The minimum atomic E-state index is -0.833. The molecule has 0 atom stereocenters. The highest BCUT2D eigenvalue weighted by Gasteiger charge is 2.19. The van der Waals surface area contributed by atoms with Crippen LogP contribution in [0.4, 0.5) is 0 Å². The van der Waals surface area contributed by atoms with E-state index in [1.807, 2.05) is 24.3 Å². The summed E-state index contributed by atoms with van der Waals surface area (Å²) in [6, 6.07) is 40.5. The first-order valence-electron chi connectivity index (χ1n) is 13.1. The van der Waals surface area contributed by atoms with E-state index in [0.717, 1.165) is 55.5 Å². The van der Waals surface area contributed by atoms with E-state index in [0.29, 0.717) is 0 Å². The molecule has 0 aliphatic heterocycles.